The summed E-state index contributed by atoms with van der Waals surface area (Å²) in [7, 11) is 0. The highest BCUT2D eigenvalue weighted by Gasteiger charge is 2.23. The van der Waals surface area contributed by atoms with Gasteiger partial charge < -0.3 is 14.4 Å². The summed E-state index contributed by atoms with van der Waals surface area (Å²) in [4.78, 5) is 21.0. The van der Waals surface area contributed by atoms with E-state index in [1.807, 2.05) is 18.2 Å². The van der Waals surface area contributed by atoms with Crippen molar-refractivity contribution in [3.8, 4) is 11.6 Å². The van der Waals surface area contributed by atoms with Crippen molar-refractivity contribution in [2.45, 2.75) is 19.4 Å². The summed E-state index contributed by atoms with van der Waals surface area (Å²) in [5.74, 6) is 1.22. The van der Waals surface area contributed by atoms with Crippen molar-refractivity contribution < 1.29 is 14.3 Å². The highest BCUT2D eigenvalue weighted by Crippen LogP contribution is 2.24. The first-order valence-electron chi connectivity index (χ1n) is 6.12. The first kappa shape index (κ1) is 11.7. The van der Waals surface area contributed by atoms with Gasteiger partial charge >= 0.3 is 6.09 Å². The molecule has 19 heavy (non-hydrogen) atoms. The van der Waals surface area contributed by atoms with Crippen LogP contribution in [-0.4, -0.2) is 32.6 Å². The van der Waals surface area contributed by atoms with Gasteiger partial charge in [0.25, 0.3) is 0 Å². The van der Waals surface area contributed by atoms with E-state index in [2.05, 4.69) is 9.97 Å². The van der Waals surface area contributed by atoms with Gasteiger partial charge in [0.05, 0.1) is 6.54 Å². The molecule has 0 atom stereocenters. The molecule has 0 unspecified atom stereocenters. The monoisotopic (exact) mass is 259 g/mol. The lowest BCUT2D eigenvalue weighted by Crippen LogP contribution is -2.29. The second-order valence-corrected chi connectivity index (χ2v) is 4.41. The third-order valence-electron chi connectivity index (χ3n) is 3.11. The Morgan fingerprint density at radius 3 is 3.05 bits per heavy atom. The summed E-state index contributed by atoms with van der Waals surface area (Å²) in [6, 6.07) is 5.50. The molecule has 1 aliphatic heterocycles. The van der Waals surface area contributed by atoms with Crippen molar-refractivity contribution in [3.63, 3.8) is 0 Å². The number of rotatable bonds is 1. The van der Waals surface area contributed by atoms with Crippen LogP contribution >= 0.6 is 0 Å². The van der Waals surface area contributed by atoms with Crippen LogP contribution in [0.1, 0.15) is 17.9 Å². The number of carbonyl (C=O) groups is 1. The molecule has 2 aromatic heterocycles. The lowest BCUT2D eigenvalue weighted by molar-refractivity contribution is 0.142. The third kappa shape index (κ3) is 2.29. The van der Waals surface area contributed by atoms with Crippen LogP contribution in [-0.2, 0) is 13.0 Å². The second kappa shape index (κ2) is 4.72. The molecule has 6 nitrogen and oxygen atoms in total. The number of carboxylic acid groups (broad SMARTS) is 1. The van der Waals surface area contributed by atoms with E-state index >= 15 is 0 Å². The molecule has 3 heterocycles. The van der Waals surface area contributed by atoms with Crippen molar-refractivity contribution in [2.24, 2.45) is 0 Å². The topological polar surface area (TPSA) is 79.5 Å². The molecule has 0 aliphatic carbocycles. The molecule has 2 aromatic rings. The Morgan fingerprint density at radius 1 is 1.42 bits per heavy atom. The van der Waals surface area contributed by atoms with Gasteiger partial charge in [0, 0.05) is 19.2 Å². The molecule has 0 saturated heterocycles. The first-order valence-corrected chi connectivity index (χ1v) is 6.12. The third-order valence-corrected chi connectivity index (χ3v) is 3.11. The van der Waals surface area contributed by atoms with Crippen molar-refractivity contribution in [1.82, 2.24) is 14.9 Å². The van der Waals surface area contributed by atoms with Crippen molar-refractivity contribution >= 4 is 6.09 Å². The van der Waals surface area contributed by atoms with Crippen molar-refractivity contribution in [1.29, 1.82) is 0 Å². The number of pyridine rings is 1. The van der Waals surface area contributed by atoms with Gasteiger partial charge in [0.1, 0.15) is 17.1 Å². The Labute approximate surface area is 109 Å². The van der Waals surface area contributed by atoms with Gasteiger partial charge in [-0.2, -0.15) is 0 Å². The SMILES string of the molecule is O=C(O)N1CCCc2oc(-c3ccccn3)nc2C1. The van der Waals surface area contributed by atoms with Crippen molar-refractivity contribution in [3.05, 3.63) is 35.9 Å². The summed E-state index contributed by atoms with van der Waals surface area (Å²) in [6.45, 7) is 0.793. The molecular formula is C13H13N3O3. The van der Waals surface area contributed by atoms with Gasteiger partial charge in [0.15, 0.2) is 0 Å². The molecule has 6 heteroatoms. The Kier molecular flexibility index (Phi) is 2.91. The smallest absolute Gasteiger partial charge is 0.407 e. The highest BCUT2D eigenvalue weighted by atomic mass is 16.4. The minimum Gasteiger partial charge on any atom is -0.465 e. The fourth-order valence-corrected chi connectivity index (χ4v) is 2.15. The summed E-state index contributed by atoms with van der Waals surface area (Å²) in [5.41, 5.74) is 1.36. The van der Waals surface area contributed by atoms with Gasteiger partial charge in [-0.05, 0) is 18.6 Å². The maximum Gasteiger partial charge on any atom is 0.407 e. The van der Waals surface area contributed by atoms with E-state index in [1.54, 1.807) is 6.20 Å². The minimum atomic E-state index is -0.921. The van der Waals surface area contributed by atoms with Crippen LogP contribution in [0.15, 0.2) is 28.8 Å². The molecule has 0 bridgehead atoms. The maximum atomic E-state index is 11.0. The summed E-state index contributed by atoms with van der Waals surface area (Å²) < 4.78 is 5.71. The van der Waals surface area contributed by atoms with Gasteiger partial charge in [-0.25, -0.2) is 9.78 Å². The molecule has 98 valence electrons. The van der Waals surface area contributed by atoms with E-state index in [9.17, 15) is 4.79 Å². The molecule has 0 fully saturated rings. The molecule has 1 aliphatic rings. The Balaban J connectivity index is 1.93. The predicted octanol–water partition coefficient (Wildman–Crippen LogP) is 2.16. The molecule has 1 amide bonds. The molecular weight excluding hydrogens is 246 g/mol. The maximum absolute atomic E-state index is 11.0. The van der Waals surface area contributed by atoms with Crippen LogP contribution in [0.5, 0.6) is 0 Å². The number of nitrogens with zero attached hydrogens (tertiary/aromatic N) is 3. The lowest BCUT2D eigenvalue weighted by Gasteiger charge is -2.14. The first-order chi connectivity index (χ1) is 9.24. The van der Waals surface area contributed by atoms with E-state index in [0.29, 0.717) is 30.2 Å². The molecule has 0 saturated carbocycles. The van der Waals surface area contributed by atoms with Gasteiger partial charge in [-0.15, -0.1) is 0 Å². The van der Waals surface area contributed by atoms with E-state index in [0.717, 1.165) is 12.2 Å². The molecule has 0 aromatic carbocycles. The minimum absolute atomic E-state index is 0.279. The van der Waals surface area contributed by atoms with Crippen LogP contribution in [0.3, 0.4) is 0 Å². The number of aromatic nitrogens is 2. The summed E-state index contributed by atoms with van der Waals surface area (Å²) >= 11 is 0. The predicted molar refractivity (Wildman–Crippen MR) is 66.5 cm³/mol. The molecule has 0 spiro atoms. The van der Waals surface area contributed by atoms with E-state index in [-0.39, 0.29) is 6.54 Å². The second-order valence-electron chi connectivity index (χ2n) is 4.41. The fraction of sp³-hybridized carbons (Fsp3) is 0.308. The average molecular weight is 259 g/mol. The normalized spacial score (nSPS) is 14.8. The highest BCUT2D eigenvalue weighted by molar-refractivity contribution is 5.65. The Morgan fingerprint density at radius 2 is 2.32 bits per heavy atom. The van der Waals surface area contributed by atoms with Gasteiger partial charge in [-0.3, -0.25) is 4.98 Å². The fourth-order valence-electron chi connectivity index (χ4n) is 2.15. The zero-order valence-corrected chi connectivity index (χ0v) is 10.2. The lowest BCUT2D eigenvalue weighted by atomic mass is 10.2. The Bertz CT molecular complexity index is 594. The number of aryl methyl sites for hydroxylation is 1. The zero-order valence-electron chi connectivity index (χ0n) is 10.2. The number of hydrogen-bond acceptors (Lipinski definition) is 4. The zero-order chi connectivity index (χ0) is 13.2. The van der Waals surface area contributed by atoms with E-state index < -0.39 is 6.09 Å². The quantitative estimate of drug-likeness (QED) is 0.848. The van der Waals surface area contributed by atoms with Gasteiger partial charge in [0.2, 0.25) is 5.89 Å². The Hall–Kier alpha value is -2.37. The number of hydrogen-bond donors (Lipinski definition) is 1. The van der Waals surface area contributed by atoms with Crippen LogP contribution in [0.25, 0.3) is 11.6 Å². The van der Waals surface area contributed by atoms with Crippen LogP contribution < -0.4 is 0 Å². The molecule has 1 N–H and O–H groups in total. The number of amides is 1. The van der Waals surface area contributed by atoms with Crippen LogP contribution in [0.2, 0.25) is 0 Å². The molecule has 0 radical (unpaired) electrons. The summed E-state index contributed by atoms with van der Waals surface area (Å²) in [6.07, 6.45) is 2.21. The van der Waals surface area contributed by atoms with Gasteiger partial charge in [-0.1, -0.05) is 6.07 Å². The van der Waals surface area contributed by atoms with E-state index in [1.165, 1.54) is 4.90 Å². The standard InChI is InChI=1S/C13H13N3O3/c17-13(18)16-7-3-5-11-10(8-16)15-12(19-11)9-4-1-2-6-14-9/h1-2,4,6H,3,5,7-8H2,(H,17,18). The summed E-state index contributed by atoms with van der Waals surface area (Å²) in [5, 5.41) is 9.07. The number of fused-ring (bicyclic) bond motifs is 1. The molecule has 3 rings (SSSR count). The van der Waals surface area contributed by atoms with Crippen LogP contribution in [0, 0.1) is 0 Å². The number of oxazole rings is 1. The van der Waals surface area contributed by atoms with E-state index in [4.69, 9.17) is 9.52 Å². The largest absolute Gasteiger partial charge is 0.465 e. The van der Waals surface area contributed by atoms with Crippen molar-refractivity contribution in [2.75, 3.05) is 6.54 Å². The van der Waals surface area contributed by atoms with Crippen LogP contribution in [0.4, 0.5) is 4.79 Å². The average Bonchev–Trinajstić information content (AvgIpc) is 2.71.